The molecule has 0 heterocycles. The zero-order chi connectivity index (χ0) is 12.3. The summed E-state index contributed by atoms with van der Waals surface area (Å²) >= 11 is 6.00. The highest BCUT2D eigenvalue weighted by Crippen LogP contribution is 2.28. The third-order valence-corrected chi connectivity index (χ3v) is 2.58. The van der Waals surface area contributed by atoms with Crippen LogP contribution in [0.3, 0.4) is 0 Å². The fraction of sp³-hybridized carbons (Fsp3) is 0.0769. The maximum Gasteiger partial charge on any atom is 0.137 e. The smallest absolute Gasteiger partial charge is 0.137 e. The Kier molecular flexibility index (Phi) is 3.49. The van der Waals surface area contributed by atoms with Gasteiger partial charge in [-0.25, -0.2) is 4.39 Å². The van der Waals surface area contributed by atoms with E-state index in [-0.39, 0.29) is 5.82 Å². The van der Waals surface area contributed by atoms with Crippen LogP contribution in [0.15, 0.2) is 42.5 Å². The Hall–Kier alpha value is -1.74. The molecule has 0 saturated carbocycles. The van der Waals surface area contributed by atoms with Crippen molar-refractivity contribution in [3.8, 4) is 5.75 Å². The molecule has 4 heteroatoms. The van der Waals surface area contributed by atoms with Gasteiger partial charge in [-0.2, -0.15) is 0 Å². The van der Waals surface area contributed by atoms with Gasteiger partial charge in [-0.15, -0.1) is 0 Å². The van der Waals surface area contributed by atoms with E-state index in [1.807, 2.05) is 6.07 Å². The number of hydrogen-bond donors (Lipinski definition) is 1. The molecule has 2 aromatic carbocycles. The van der Waals surface area contributed by atoms with Gasteiger partial charge >= 0.3 is 0 Å². The lowest BCUT2D eigenvalue weighted by atomic mass is 10.2. The first-order valence-corrected chi connectivity index (χ1v) is 5.43. The molecule has 2 rings (SSSR count). The Labute approximate surface area is 104 Å². The van der Waals surface area contributed by atoms with Crippen LogP contribution >= 0.6 is 11.6 Å². The van der Waals surface area contributed by atoms with Crippen molar-refractivity contribution >= 4 is 23.0 Å². The zero-order valence-corrected chi connectivity index (χ0v) is 9.96. The Morgan fingerprint density at radius 3 is 2.29 bits per heavy atom. The molecule has 0 aromatic heterocycles. The Morgan fingerprint density at radius 1 is 1.06 bits per heavy atom. The van der Waals surface area contributed by atoms with E-state index in [0.717, 1.165) is 11.4 Å². The molecular weight excluding hydrogens is 241 g/mol. The van der Waals surface area contributed by atoms with Crippen LogP contribution in [0.1, 0.15) is 0 Å². The van der Waals surface area contributed by atoms with E-state index in [4.69, 9.17) is 16.3 Å². The van der Waals surface area contributed by atoms with Gasteiger partial charge in [-0.3, -0.25) is 0 Å². The van der Waals surface area contributed by atoms with Crippen molar-refractivity contribution in [2.75, 3.05) is 12.4 Å². The van der Waals surface area contributed by atoms with Gasteiger partial charge in [0.05, 0.1) is 12.1 Å². The van der Waals surface area contributed by atoms with Gasteiger partial charge in [0.15, 0.2) is 0 Å². The van der Waals surface area contributed by atoms with Crippen LogP contribution in [0.25, 0.3) is 0 Å². The van der Waals surface area contributed by atoms with E-state index in [1.165, 1.54) is 12.1 Å². The molecule has 0 amide bonds. The molecule has 17 heavy (non-hydrogen) atoms. The monoisotopic (exact) mass is 251 g/mol. The molecule has 2 nitrogen and oxygen atoms in total. The molecule has 0 atom stereocenters. The first-order valence-electron chi connectivity index (χ1n) is 5.05. The summed E-state index contributed by atoms with van der Waals surface area (Å²) in [6.07, 6.45) is 0. The minimum absolute atomic E-state index is 0.261. The molecule has 0 aliphatic heterocycles. The van der Waals surface area contributed by atoms with Gasteiger partial charge < -0.3 is 10.1 Å². The van der Waals surface area contributed by atoms with Gasteiger partial charge in [0.1, 0.15) is 11.6 Å². The molecule has 0 unspecified atom stereocenters. The van der Waals surface area contributed by atoms with Crippen LogP contribution in [-0.4, -0.2) is 7.11 Å². The van der Waals surface area contributed by atoms with E-state index < -0.39 is 0 Å². The summed E-state index contributed by atoms with van der Waals surface area (Å²) in [5, 5.41) is 3.64. The van der Waals surface area contributed by atoms with Crippen molar-refractivity contribution in [3.63, 3.8) is 0 Å². The molecule has 0 aliphatic carbocycles. The standard InChI is InChI=1S/C13H11ClFNO/c1-17-13-7-6-11(8-12(13)14)16-10-4-2-9(15)3-5-10/h2-8,16H,1H3. The van der Waals surface area contributed by atoms with Crippen molar-refractivity contribution in [2.24, 2.45) is 0 Å². The number of benzene rings is 2. The zero-order valence-electron chi connectivity index (χ0n) is 9.21. The molecule has 88 valence electrons. The van der Waals surface area contributed by atoms with Gasteiger partial charge in [0.2, 0.25) is 0 Å². The van der Waals surface area contributed by atoms with E-state index in [1.54, 1.807) is 31.4 Å². The number of nitrogens with one attached hydrogen (secondary N) is 1. The largest absolute Gasteiger partial charge is 0.495 e. The third-order valence-electron chi connectivity index (χ3n) is 2.28. The lowest BCUT2D eigenvalue weighted by Crippen LogP contribution is -1.91. The van der Waals surface area contributed by atoms with Crippen molar-refractivity contribution in [2.45, 2.75) is 0 Å². The van der Waals surface area contributed by atoms with Crippen LogP contribution in [0.5, 0.6) is 5.75 Å². The highest BCUT2D eigenvalue weighted by molar-refractivity contribution is 6.32. The fourth-order valence-electron chi connectivity index (χ4n) is 1.44. The molecule has 0 radical (unpaired) electrons. The number of anilines is 2. The summed E-state index contributed by atoms with van der Waals surface area (Å²) in [6.45, 7) is 0. The summed E-state index contributed by atoms with van der Waals surface area (Å²) in [7, 11) is 1.56. The predicted molar refractivity (Wildman–Crippen MR) is 67.7 cm³/mol. The van der Waals surface area contributed by atoms with Crippen LogP contribution < -0.4 is 10.1 Å². The number of hydrogen-bond acceptors (Lipinski definition) is 2. The van der Waals surface area contributed by atoms with Crippen LogP contribution in [0.2, 0.25) is 5.02 Å². The minimum atomic E-state index is -0.261. The average molecular weight is 252 g/mol. The van der Waals surface area contributed by atoms with E-state index in [0.29, 0.717) is 10.8 Å². The molecular formula is C13H11ClFNO. The fourth-order valence-corrected chi connectivity index (χ4v) is 1.70. The minimum Gasteiger partial charge on any atom is -0.495 e. The van der Waals surface area contributed by atoms with E-state index in [9.17, 15) is 4.39 Å². The summed E-state index contributed by atoms with van der Waals surface area (Å²) < 4.78 is 17.8. The second kappa shape index (κ2) is 5.06. The van der Waals surface area contributed by atoms with E-state index >= 15 is 0 Å². The first kappa shape index (κ1) is 11.7. The summed E-state index contributed by atoms with van der Waals surface area (Å²) in [5.74, 6) is 0.361. The van der Waals surface area contributed by atoms with Crippen molar-refractivity contribution in [1.29, 1.82) is 0 Å². The van der Waals surface area contributed by atoms with Crippen molar-refractivity contribution < 1.29 is 9.13 Å². The molecule has 2 aromatic rings. The molecule has 0 fully saturated rings. The second-order valence-corrected chi connectivity index (χ2v) is 3.89. The number of ether oxygens (including phenoxy) is 1. The van der Waals surface area contributed by atoms with Gasteiger partial charge in [-0.05, 0) is 42.5 Å². The molecule has 1 N–H and O–H groups in total. The number of rotatable bonds is 3. The summed E-state index contributed by atoms with van der Waals surface area (Å²) in [4.78, 5) is 0. The summed E-state index contributed by atoms with van der Waals surface area (Å²) in [5.41, 5.74) is 1.62. The van der Waals surface area contributed by atoms with Gasteiger partial charge in [0.25, 0.3) is 0 Å². The third kappa shape index (κ3) is 2.88. The van der Waals surface area contributed by atoms with Gasteiger partial charge in [-0.1, -0.05) is 11.6 Å². The van der Waals surface area contributed by atoms with Crippen LogP contribution in [0, 0.1) is 5.82 Å². The first-order chi connectivity index (χ1) is 8.19. The van der Waals surface area contributed by atoms with Gasteiger partial charge in [0, 0.05) is 11.4 Å². The highest BCUT2D eigenvalue weighted by atomic mass is 35.5. The topological polar surface area (TPSA) is 21.3 Å². The number of methoxy groups -OCH3 is 1. The summed E-state index contributed by atoms with van der Waals surface area (Å²) in [6, 6.07) is 11.5. The molecule has 0 bridgehead atoms. The second-order valence-electron chi connectivity index (χ2n) is 3.48. The number of halogens is 2. The maximum absolute atomic E-state index is 12.7. The maximum atomic E-state index is 12.7. The Bertz CT molecular complexity index is 513. The van der Waals surface area contributed by atoms with Crippen LogP contribution in [0.4, 0.5) is 15.8 Å². The van der Waals surface area contributed by atoms with Crippen molar-refractivity contribution in [1.82, 2.24) is 0 Å². The lowest BCUT2D eigenvalue weighted by Gasteiger charge is -2.08. The normalized spacial score (nSPS) is 10.1. The lowest BCUT2D eigenvalue weighted by molar-refractivity contribution is 0.415. The van der Waals surface area contributed by atoms with Crippen LogP contribution in [-0.2, 0) is 0 Å². The molecule has 0 spiro atoms. The molecule has 0 aliphatic rings. The predicted octanol–water partition coefficient (Wildman–Crippen LogP) is 4.23. The highest BCUT2D eigenvalue weighted by Gasteiger charge is 2.02. The molecule has 0 saturated heterocycles. The SMILES string of the molecule is COc1ccc(Nc2ccc(F)cc2)cc1Cl. The average Bonchev–Trinajstić information content (AvgIpc) is 2.32. The van der Waals surface area contributed by atoms with Crippen molar-refractivity contribution in [3.05, 3.63) is 53.3 Å². The quantitative estimate of drug-likeness (QED) is 0.881. The Morgan fingerprint density at radius 2 is 1.71 bits per heavy atom. The Balaban J connectivity index is 2.19. The van der Waals surface area contributed by atoms with E-state index in [2.05, 4.69) is 5.32 Å².